The first kappa shape index (κ1) is 19.9. The van der Waals surface area contributed by atoms with Gasteiger partial charge in [-0.15, -0.1) is 0 Å². The van der Waals surface area contributed by atoms with Gasteiger partial charge in [-0.1, -0.05) is 13.0 Å². The molecule has 0 radical (unpaired) electrons. The van der Waals surface area contributed by atoms with Crippen molar-refractivity contribution in [1.29, 1.82) is 0 Å². The van der Waals surface area contributed by atoms with E-state index in [4.69, 9.17) is 0 Å². The van der Waals surface area contributed by atoms with Crippen LogP contribution in [0.1, 0.15) is 39.5 Å². The predicted molar refractivity (Wildman–Crippen MR) is 95.7 cm³/mol. The van der Waals surface area contributed by atoms with Gasteiger partial charge in [-0.3, -0.25) is 9.59 Å². The van der Waals surface area contributed by atoms with Crippen molar-refractivity contribution in [3.05, 3.63) is 23.8 Å². The topological polar surface area (TPSA) is 94.8 Å². The Morgan fingerprint density at radius 2 is 2.00 bits per heavy atom. The lowest BCUT2D eigenvalue weighted by Gasteiger charge is -2.63. The molecule has 0 spiro atoms. The maximum Gasteiger partial charge on any atom is 0.190 e. The molecule has 0 saturated heterocycles. The van der Waals surface area contributed by atoms with Crippen LogP contribution in [0.15, 0.2) is 23.8 Å². The van der Waals surface area contributed by atoms with Crippen molar-refractivity contribution in [3.8, 4) is 0 Å². The van der Waals surface area contributed by atoms with Crippen molar-refractivity contribution in [1.82, 2.24) is 0 Å². The summed E-state index contributed by atoms with van der Waals surface area (Å²) in [5.74, 6) is -2.63. The Hall–Kier alpha value is -1.44. The van der Waals surface area contributed by atoms with E-state index in [1.54, 1.807) is 6.92 Å². The Morgan fingerprint density at radius 1 is 1.32 bits per heavy atom. The highest BCUT2D eigenvalue weighted by Gasteiger charge is 2.75. The number of aliphatic hydroxyl groups excluding tert-OH is 2. The van der Waals surface area contributed by atoms with Crippen molar-refractivity contribution >= 4 is 11.6 Å². The number of halogens is 2. The smallest absolute Gasteiger partial charge is 0.190 e. The number of Topliss-reactive ketones (excluding diaryl/α,β-unsaturated/α-hetero) is 1. The van der Waals surface area contributed by atoms with Crippen molar-refractivity contribution in [2.45, 2.75) is 63.1 Å². The van der Waals surface area contributed by atoms with Crippen LogP contribution in [0, 0.1) is 22.7 Å². The fraction of sp³-hybridized carbons (Fsp3) is 0.714. The molecule has 0 aliphatic heterocycles. The van der Waals surface area contributed by atoms with E-state index in [9.17, 15) is 24.9 Å². The maximum atomic E-state index is 16.7. The summed E-state index contributed by atoms with van der Waals surface area (Å²) in [4.78, 5) is 24.1. The summed E-state index contributed by atoms with van der Waals surface area (Å²) in [6.45, 7) is 2.29. The first-order valence-corrected chi connectivity index (χ1v) is 9.78. The lowest BCUT2D eigenvalue weighted by Crippen LogP contribution is -2.70. The number of carbonyl (C=O) groups excluding carboxylic acids is 2. The molecule has 3 fully saturated rings. The summed E-state index contributed by atoms with van der Waals surface area (Å²) in [6, 6.07) is 0. The van der Waals surface area contributed by atoms with Gasteiger partial charge in [-0.05, 0) is 56.3 Å². The third-order valence-electron chi connectivity index (χ3n) is 8.39. The molecule has 0 amide bonds. The van der Waals surface area contributed by atoms with Gasteiger partial charge in [0.1, 0.15) is 18.4 Å². The van der Waals surface area contributed by atoms with Gasteiger partial charge < -0.3 is 15.3 Å². The second kappa shape index (κ2) is 5.80. The van der Waals surface area contributed by atoms with Crippen molar-refractivity contribution < 1.29 is 33.7 Å². The van der Waals surface area contributed by atoms with Gasteiger partial charge in [0.25, 0.3) is 0 Å². The molecular formula is C21H26F2O5. The number of alkyl halides is 2. The average molecular weight is 396 g/mol. The molecule has 0 aromatic heterocycles. The van der Waals surface area contributed by atoms with E-state index in [1.165, 1.54) is 19.1 Å². The van der Waals surface area contributed by atoms with Crippen LogP contribution in [0.4, 0.5) is 8.78 Å². The lowest BCUT2D eigenvalue weighted by molar-refractivity contribution is -0.221. The van der Waals surface area contributed by atoms with Crippen LogP contribution in [-0.2, 0) is 9.59 Å². The van der Waals surface area contributed by atoms with Crippen LogP contribution in [-0.4, -0.2) is 57.0 Å². The minimum Gasteiger partial charge on any atom is -0.390 e. The largest absolute Gasteiger partial charge is 0.390 e. The molecule has 1 unspecified atom stereocenters. The Kier molecular flexibility index (Phi) is 4.11. The summed E-state index contributed by atoms with van der Waals surface area (Å²) in [7, 11) is 0. The van der Waals surface area contributed by atoms with Crippen LogP contribution in [0.3, 0.4) is 0 Å². The van der Waals surface area contributed by atoms with Crippen molar-refractivity contribution in [3.63, 3.8) is 0 Å². The molecule has 0 aromatic rings. The molecule has 7 heteroatoms. The molecule has 28 heavy (non-hydrogen) atoms. The second-order valence-electron chi connectivity index (χ2n) is 9.34. The van der Waals surface area contributed by atoms with Gasteiger partial charge in [-0.2, -0.15) is 0 Å². The zero-order valence-corrected chi connectivity index (χ0v) is 16.0. The maximum absolute atomic E-state index is 16.7. The Bertz CT molecular complexity index is 809. The number of aliphatic hydroxyl groups is 3. The summed E-state index contributed by atoms with van der Waals surface area (Å²) in [5, 5.41) is 31.4. The van der Waals surface area contributed by atoms with Gasteiger partial charge in [-0.25, -0.2) is 8.78 Å². The highest BCUT2D eigenvalue weighted by molar-refractivity contribution is 6.01. The van der Waals surface area contributed by atoms with Gasteiger partial charge in [0, 0.05) is 16.7 Å². The molecule has 154 valence electrons. The summed E-state index contributed by atoms with van der Waals surface area (Å²) in [6.07, 6.45) is 0.509. The fourth-order valence-electron chi connectivity index (χ4n) is 6.80. The molecule has 4 aliphatic carbocycles. The predicted octanol–water partition coefficient (Wildman–Crippen LogP) is 1.60. The van der Waals surface area contributed by atoms with Gasteiger partial charge in [0.2, 0.25) is 0 Å². The normalized spacial score (nSPS) is 52.5. The Labute approximate surface area is 162 Å². The number of rotatable bonds is 2. The van der Waals surface area contributed by atoms with Gasteiger partial charge in [0.05, 0.1) is 6.10 Å². The molecule has 5 nitrogen and oxygen atoms in total. The fourth-order valence-corrected chi connectivity index (χ4v) is 6.80. The second-order valence-corrected chi connectivity index (χ2v) is 9.34. The van der Waals surface area contributed by atoms with Crippen LogP contribution in [0.5, 0.6) is 0 Å². The molecule has 0 aromatic carbocycles. The van der Waals surface area contributed by atoms with Crippen molar-refractivity contribution in [2.75, 3.05) is 6.61 Å². The Morgan fingerprint density at radius 3 is 2.64 bits per heavy atom. The standard InChI is InChI=1S/C21H26F2O5/c1-18-5-3-11(25)7-14(18)15(22)8-13-12-4-6-20(28,17(27)10-24)19(12,2)9-16(26)21(13,18)23/h3,5,7,12-13,15-16,24,26,28H,4,6,8-10H2,1-2H3/t12-,13-,15+,16-,18-,19-,20-,21?/m0/s1. The number of fused-ring (bicyclic) bond motifs is 5. The van der Waals surface area contributed by atoms with E-state index >= 15 is 8.78 Å². The number of ketones is 2. The van der Waals surface area contributed by atoms with E-state index in [1.807, 2.05) is 0 Å². The van der Waals surface area contributed by atoms with Gasteiger partial charge in [0.15, 0.2) is 17.2 Å². The molecule has 3 N–H and O–H groups in total. The highest BCUT2D eigenvalue weighted by atomic mass is 19.1. The number of hydrogen-bond acceptors (Lipinski definition) is 5. The van der Waals surface area contributed by atoms with Crippen molar-refractivity contribution in [2.24, 2.45) is 22.7 Å². The number of carbonyl (C=O) groups is 2. The summed E-state index contributed by atoms with van der Waals surface area (Å²) < 4.78 is 31.9. The van der Waals surface area contributed by atoms with Crippen LogP contribution < -0.4 is 0 Å². The molecular weight excluding hydrogens is 370 g/mol. The average Bonchev–Trinajstić information content (AvgIpc) is 2.91. The third-order valence-corrected chi connectivity index (χ3v) is 8.39. The quantitative estimate of drug-likeness (QED) is 0.659. The van der Waals surface area contributed by atoms with E-state index in [0.29, 0.717) is 6.42 Å². The number of hydrogen-bond donors (Lipinski definition) is 3. The molecule has 0 bridgehead atoms. The molecule has 8 atom stereocenters. The highest BCUT2D eigenvalue weighted by Crippen LogP contribution is 2.69. The SMILES string of the molecule is C[C@]12C=CC(=O)C=C1[C@H](F)C[C@H]1[C@@H]3CC[C@](O)(C(=O)CO)[C@@]3(C)C[C@H](O)C12F. The first-order valence-electron chi connectivity index (χ1n) is 9.78. The van der Waals surface area contributed by atoms with Gasteiger partial charge >= 0.3 is 0 Å². The Balaban J connectivity index is 1.84. The van der Waals surface area contributed by atoms with E-state index < -0.39 is 64.4 Å². The summed E-state index contributed by atoms with van der Waals surface area (Å²) in [5.41, 5.74) is -6.71. The minimum atomic E-state index is -2.23. The number of allylic oxidation sites excluding steroid dienone is 4. The first-order chi connectivity index (χ1) is 13.0. The van der Waals surface area contributed by atoms with E-state index in [2.05, 4.69) is 0 Å². The zero-order chi connectivity index (χ0) is 20.7. The molecule has 3 saturated carbocycles. The monoisotopic (exact) mass is 396 g/mol. The van der Waals surface area contributed by atoms with Crippen LogP contribution in [0.25, 0.3) is 0 Å². The van der Waals surface area contributed by atoms with E-state index in [-0.39, 0.29) is 24.8 Å². The molecule has 0 heterocycles. The van der Waals surface area contributed by atoms with Crippen LogP contribution in [0.2, 0.25) is 0 Å². The lowest BCUT2D eigenvalue weighted by atomic mass is 9.44. The minimum absolute atomic E-state index is 0.0392. The third kappa shape index (κ3) is 2.05. The molecule has 4 aliphatic rings. The zero-order valence-electron chi connectivity index (χ0n) is 16.0. The van der Waals surface area contributed by atoms with E-state index in [0.717, 1.165) is 6.08 Å². The summed E-state index contributed by atoms with van der Waals surface area (Å²) >= 11 is 0. The molecule has 4 rings (SSSR count). The van der Waals surface area contributed by atoms with Crippen LogP contribution >= 0.6 is 0 Å².